The van der Waals surface area contributed by atoms with Gasteiger partial charge < -0.3 is 16.0 Å². The van der Waals surface area contributed by atoms with E-state index in [1.54, 1.807) is 6.07 Å². The first kappa shape index (κ1) is 20.5. The summed E-state index contributed by atoms with van der Waals surface area (Å²) in [6, 6.07) is 6.37. The Balaban J connectivity index is 1.76. The molecule has 1 amide bonds. The topological polar surface area (TPSA) is 78.9 Å². The largest absolute Gasteiger partial charge is 0.416 e. The van der Waals surface area contributed by atoms with Gasteiger partial charge in [-0.05, 0) is 31.5 Å². The highest BCUT2D eigenvalue weighted by Crippen LogP contribution is 2.29. The summed E-state index contributed by atoms with van der Waals surface area (Å²) in [4.78, 5) is 20.4. The molecule has 1 aromatic carbocycles. The lowest BCUT2D eigenvalue weighted by Crippen LogP contribution is -2.30. The molecule has 0 fully saturated rings. The van der Waals surface area contributed by atoms with Gasteiger partial charge in [0.15, 0.2) is 0 Å². The molecule has 27 heavy (non-hydrogen) atoms. The molecule has 1 heterocycles. The average molecular weight is 381 g/mol. The second-order valence-corrected chi connectivity index (χ2v) is 5.90. The molecule has 0 atom stereocenters. The van der Waals surface area contributed by atoms with Crippen molar-refractivity contribution in [1.82, 2.24) is 15.3 Å². The predicted octanol–water partition coefficient (Wildman–Crippen LogP) is 3.01. The maximum absolute atomic E-state index is 12.5. The number of carbonyl (C=O) groups is 1. The van der Waals surface area contributed by atoms with Crippen LogP contribution in [0.5, 0.6) is 0 Å². The fourth-order valence-corrected chi connectivity index (χ4v) is 2.35. The van der Waals surface area contributed by atoms with Crippen LogP contribution in [0, 0.1) is 6.92 Å². The molecule has 146 valence electrons. The summed E-state index contributed by atoms with van der Waals surface area (Å²) >= 11 is 0. The van der Waals surface area contributed by atoms with Crippen molar-refractivity contribution in [2.75, 3.05) is 30.3 Å². The molecule has 0 saturated carbocycles. The van der Waals surface area contributed by atoms with Crippen LogP contribution in [0.3, 0.4) is 0 Å². The standard InChI is InChI=1S/C18H22F3N5O/c1-3-22-17-25-12(2)10-15(26-17)23-8-9-24-16(27)11-13-4-6-14(7-5-13)18(19,20)21/h4-7,10H,3,8-9,11H2,1-2H3,(H,24,27)(H2,22,23,25,26). The molecule has 0 saturated heterocycles. The molecule has 0 unspecified atom stereocenters. The van der Waals surface area contributed by atoms with Gasteiger partial charge in [-0.2, -0.15) is 18.2 Å². The van der Waals surface area contributed by atoms with Crippen molar-refractivity contribution in [2.24, 2.45) is 0 Å². The van der Waals surface area contributed by atoms with Crippen LogP contribution in [0.1, 0.15) is 23.7 Å². The van der Waals surface area contributed by atoms with Gasteiger partial charge >= 0.3 is 6.18 Å². The highest BCUT2D eigenvalue weighted by Gasteiger charge is 2.29. The van der Waals surface area contributed by atoms with Crippen LogP contribution in [0.15, 0.2) is 30.3 Å². The molecule has 0 aliphatic carbocycles. The van der Waals surface area contributed by atoms with Gasteiger partial charge in [-0.3, -0.25) is 4.79 Å². The first-order valence-electron chi connectivity index (χ1n) is 8.54. The van der Waals surface area contributed by atoms with E-state index in [0.29, 0.717) is 37.0 Å². The number of rotatable bonds is 8. The second-order valence-electron chi connectivity index (χ2n) is 5.90. The molecule has 0 radical (unpaired) electrons. The van der Waals surface area contributed by atoms with E-state index < -0.39 is 11.7 Å². The zero-order valence-corrected chi connectivity index (χ0v) is 15.2. The Morgan fingerprint density at radius 2 is 1.78 bits per heavy atom. The van der Waals surface area contributed by atoms with Crippen LogP contribution >= 0.6 is 0 Å². The number of alkyl halides is 3. The van der Waals surface area contributed by atoms with Crippen LogP contribution in [0.2, 0.25) is 0 Å². The van der Waals surface area contributed by atoms with Crippen molar-refractivity contribution in [2.45, 2.75) is 26.4 Å². The van der Waals surface area contributed by atoms with Crippen molar-refractivity contribution < 1.29 is 18.0 Å². The average Bonchev–Trinajstić information content (AvgIpc) is 2.58. The summed E-state index contributed by atoms with van der Waals surface area (Å²) in [6.07, 6.45) is -4.35. The maximum atomic E-state index is 12.5. The molecular weight excluding hydrogens is 359 g/mol. The number of hydrogen-bond donors (Lipinski definition) is 3. The molecule has 3 N–H and O–H groups in total. The van der Waals surface area contributed by atoms with Crippen LogP contribution in [0.25, 0.3) is 0 Å². The van der Waals surface area contributed by atoms with Gasteiger partial charge in [0, 0.05) is 31.4 Å². The number of amides is 1. The van der Waals surface area contributed by atoms with Gasteiger partial charge in [0.25, 0.3) is 0 Å². The molecule has 6 nitrogen and oxygen atoms in total. The van der Waals surface area contributed by atoms with Gasteiger partial charge in [0.1, 0.15) is 5.82 Å². The summed E-state index contributed by atoms with van der Waals surface area (Å²) < 4.78 is 37.6. The smallest absolute Gasteiger partial charge is 0.368 e. The highest BCUT2D eigenvalue weighted by molar-refractivity contribution is 5.78. The van der Waals surface area contributed by atoms with Crippen molar-refractivity contribution in [3.05, 3.63) is 47.2 Å². The Morgan fingerprint density at radius 3 is 2.41 bits per heavy atom. The zero-order chi connectivity index (χ0) is 19.9. The monoisotopic (exact) mass is 381 g/mol. The Hall–Kier alpha value is -2.84. The number of hydrogen-bond acceptors (Lipinski definition) is 5. The Bertz CT molecular complexity index is 763. The summed E-state index contributed by atoms with van der Waals surface area (Å²) in [5.74, 6) is 0.922. The van der Waals surface area contributed by atoms with Crippen molar-refractivity contribution in [3.8, 4) is 0 Å². The highest BCUT2D eigenvalue weighted by atomic mass is 19.4. The number of benzene rings is 1. The van der Waals surface area contributed by atoms with Gasteiger partial charge in [-0.15, -0.1) is 0 Å². The Kier molecular flexibility index (Phi) is 6.98. The van der Waals surface area contributed by atoms with Crippen LogP contribution in [0.4, 0.5) is 24.9 Å². The number of nitrogens with zero attached hydrogens (tertiary/aromatic N) is 2. The lowest BCUT2D eigenvalue weighted by Gasteiger charge is -2.10. The molecule has 0 bridgehead atoms. The third kappa shape index (κ3) is 6.76. The number of aromatic nitrogens is 2. The number of halogens is 3. The van der Waals surface area contributed by atoms with Gasteiger partial charge in [0.05, 0.1) is 12.0 Å². The van der Waals surface area contributed by atoms with E-state index in [-0.39, 0.29) is 12.3 Å². The van der Waals surface area contributed by atoms with E-state index in [4.69, 9.17) is 0 Å². The molecule has 1 aromatic heterocycles. The van der Waals surface area contributed by atoms with Crippen LogP contribution in [-0.2, 0) is 17.4 Å². The molecule has 9 heteroatoms. The van der Waals surface area contributed by atoms with Crippen molar-refractivity contribution in [1.29, 1.82) is 0 Å². The predicted molar refractivity (Wildman–Crippen MR) is 97.6 cm³/mol. The minimum atomic E-state index is -4.38. The lowest BCUT2D eigenvalue weighted by molar-refractivity contribution is -0.137. The van der Waals surface area contributed by atoms with Crippen LogP contribution in [-0.4, -0.2) is 35.5 Å². The minimum absolute atomic E-state index is 0.0231. The Labute approximate surface area is 155 Å². The molecule has 0 aliphatic heterocycles. The van der Waals surface area contributed by atoms with Gasteiger partial charge in [0.2, 0.25) is 11.9 Å². The summed E-state index contributed by atoms with van der Waals surface area (Å²) in [6.45, 7) is 5.34. The lowest BCUT2D eigenvalue weighted by atomic mass is 10.1. The SMILES string of the molecule is CCNc1nc(C)cc(NCCNC(=O)Cc2ccc(C(F)(F)F)cc2)n1. The molecule has 2 aromatic rings. The molecule has 0 aliphatic rings. The number of carbonyl (C=O) groups excluding carboxylic acids is 1. The number of anilines is 2. The van der Waals surface area contributed by atoms with Crippen molar-refractivity contribution in [3.63, 3.8) is 0 Å². The van der Waals surface area contributed by atoms with Crippen molar-refractivity contribution >= 4 is 17.7 Å². The summed E-state index contributed by atoms with van der Waals surface area (Å²) in [5.41, 5.74) is 0.609. The van der Waals surface area contributed by atoms with E-state index in [1.165, 1.54) is 12.1 Å². The van der Waals surface area contributed by atoms with Crippen LogP contribution < -0.4 is 16.0 Å². The molecular formula is C18H22F3N5O. The third-order valence-electron chi connectivity index (χ3n) is 3.59. The van der Waals surface area contributed by atoms with E-state index in [2.05, 4.69) is 25.9 Å². The van der Waals surface area contributed by atoms with E-state index in [0.717, 1.165) is 17.8 Å². The van der Waals surface area contributed by atoms with E-state index in [1.807, 2.05) is 13.8 Å². The fourth-order valence-electron chi connectivity index (χ4n) is 2.35. The zero-order valence-electron chi connectivity index (χ0n) is 15.2. The fraction of sp³-hybridized carbons (Fsp3) is 0.389. The second kappa shape index (κ2) is 9.20. The maximum Gasteiger partial charge on any atom is 0.416 e. The summed E-state index contributed by atoms with van der Waals surface area (Å²) in [5, 5.41) is 8.85. The molecule has 2 rings (SSSR count). The summed E-state index contributed by atoms with van der Waals surface area (Å²) in [7, 11) is 0. The van der Waals surface area contributed by atoms with Gasteiger partial charge in [-0.1, -0.05) is 12.1 Å². The van der Waals surface area contributed by atoms with Gasteiger partial charge in [-0.25, -0.2) is 4.98 Å². The Morgan fingerprint density at radius 1 is 1.07 bits per heavy atom. The van der Waals surface area contributed by atoms with E-state index in [9.17, 15) is 18.0 Å². The number of nitrogens with one attached hydrogen (secondary N) is 3. The minimum Gasteiger partial charge on any atom is -0.368 e. The normalized spacial score (nSPS) is 11.1. The third-order valence-corrected chi connectivity index (χ3v) is 3.59. The van der Waals surface area contributed by atoms with E-state index >= 15 is 0 Å². The molecule has 0 spiro atoms. The first-order valence-corrected chi connectivity index (χ1v) is 8.54. The number of aryl methyl sites for hydroxylation is 1. The first-order chi connectivity index (χ1) is 12.8. The quantitative estimate of drug-likeness (QED) is 0.613.